The molecule has 0 N–H and O–H groups in total. The van der Waals surface area contributed by atoms with Crippen LogP contribution in [0, 0.1) is 0 Å². The first-order valence-corrected chi connectivity index (χ1v) is 6.89. The minimum atomic E-state index is 1.29. The summed E-state index contributed by atoms with van der Waals surface area (Å²) in [5.74, 6) is 0. The summed E-state index contributed by atoms with van der Waals surface area (Å²) >= 11 is 1.82. The molecular weight excluding hydrogens is 226 g/mol. The highest BCUT2D eigenvalue weighted by molar-refractivity contribution is 7.99. The minimum absolute atomic E-state index is 1.29. The third kappa shape index (κ3) is 1.52. The Bertz CT molecular complexity index is 647. The van der Waals surface area contributed by atoms with Crippen molar-refractivity contribution in [1.29, 1.82) is 0 Å². The molecule has 0 fully saturated rings. The monoisotopic (exact) mass is 240 g/mol. The maximum atomic E-state index is 2.27. The lowest BCUT2D eigenvalue weighted by molar-refractivity contribution is -0.617. The second kappa shape index (κ2) is 4.04. The summed E-state index contributed by atoms with van der Waals surface area (Å²) in [6, 6.07) is 17.2. The van der Waals surface area contributed by atoms with Crippen molar-refractivity contribution in [2.75, 3.05) is 6.26 Å². The summed E-state index contributed by atoms with van der Waals surface area (Å²) in [5.41, 5.74) is 2.58. The molecule has 0 amide bonds. The molecule has 2 aromatic carbocycles. The molecule has 0 saturated carbocycles. The average Bonchev–Trinajstić information content (AvgIpc) is 2.40. The summed E-state index contributed by atoms with van der Waals surface area (Å²) in [7, 11) is 2.13. The van der Waals surface area contributed by atoms with Crippen molar-refractivity contribution >= 4 is 33.6 Å². The van der Waals surface area contributed by atoms with E-state index in [1.54, 1.807) is 0 Å². The quantitative estimate of drug-likeness (QED) is 0.357. The largest absolute Gasteiger partial charge is 0.213 e. The second-order valence-corrected chi connectivity index (χ2v) is 4.94. The van der Waals surface area contributed by atoms with Crippen LogP contribution in [0.25, 0.3) is 21.8 Å². The molecule has 3 rings (SSSR count). The van der Waals surface area contributed by atoms with Crippen molar-refractivity contribution in [2.45, 2.75) is 4.90 Å². The number of aromatic nitrogens is 1. The van der Waals surface area contributed by atoms with Gasteiger partial charge in [0.15, 0.2) is 0 Å². The van der Waals surface area contributed by atoms with E-state index in [-0.39, 0.29) is 0 Å². The Morgan fingerprint density at radius 1 is 0.824 bits per heavy atom. The summed E-state index contributed by atoms with van der Waals surface area (Å²) in [6.45, 7) is 0. The van der Waals surface area contributed by atoms with Gasteiger partial charge in [-0.1, -0.05) is 24.3 Å². The number of para-hydroxylation sites is 2. The molecule has 0 bridgehead atoms. The molecular formula is C15H14NS+. The van der Waals surface area contributed by atoms with E-state index in [9.17, 15) is 0 Å². The topological polar surface area (TPSA) is 3.88 Å². The van der Waals surface area contributed by atoms with Gasteiger partial charge in [0.1, 0.15) is 7.05 Å². The summed E-state index contributed by atoms with van der Waals surface area (Å²) < 4.78 is 2.27. The summed E-state index contributed by atoms with van der Waals surface area (Å²) in [5, 5.41) is 2.67. The number of pyridine rings is 1. The van der Waals surface area contributed by atoms with Crippen LogP contribution < -0.4 is 4.57 Å². The predicted molar refractivity (Wildman–Crippen MR) is 74.4 cm³/mol. The fraction of sp³-hybridized carbons (Fsp3) is 0.133. The van der Waals surface area contributed by atoms with E-state index < -0.39 is 0 Å². The van der Waals surface area contributed by atoms with Gasteiger partial charge in [-0.05, 0) is 18.4 Å². The fourth-order valence-electron chi connectivity index (χ4n) is 2.41. The number of thioether (sulfide) groups is 1. The van der Waals surface area contributed by atoms with Gasteiger partial charge in [-0.25, -0.2) is 0 Å². The van der Waals surface area contributed by atoms with Gasteiger partial charge in [0, 0.05) is 17.0 Å². The van der Waals surface area contributed by atoms with Gasteiger partial charge in [0.25, 0.3) is 0 Å². The van der Waals surface area contributed by atoms with E-state index in [2.05, 4.69) is 66.4 Å². The Kier molecular flexibility index (Phi) is 2.52. The van der Waals surface area contributed by atoms with Gasteiger partial charge in [0.2, 0.25) is 11.0 Å². The van der Waals surface area contributed by atoms with E-state index in [4.69, 9.17) is 0 Å². The molecule has 1 heterocycles. The third-order valence-electron chi connectivity index (χ3n) is 3.22. The molecule has 0 aliphatic heterocycles. The smallest absolute Gasteiger partial charge is 0.194 e. The molecule has 84 valence electrons. The molecule has 0 radical (unpaired) electrons. The number of hydrogen-bond acceptors (Lipinski definition) is 1. The second-order valence-electron chi connectivity index (χ2n) is 4.13. The molecule has 1 aromatic heterocycles. The molecule has 2 heteroatoms. The number of nitrogens with zero attached hydrogens (tertiary/aromatic N) is 1. The van der Waals surface area contributed by atoms with E-state index >= 15 is 0 Å². The molecule has 1 nitrogen and oxygen atoms in total. The molecule has 0 spiro atoms. The molecule has 0 aliphatic rings. The Morgan fingerprint density at radius 2 is 1.29 bits per heavy atom. The zero-order chi connectivity index (χ0) is 11.8. The van der Waals surface area contributed by atoms with Gasteiger partial charge < -0.3 is 0 Å². The van der Waals surface area contributed by atoms with E-state index in [0.717, 1.165) is 0 Å². The standard InChI is InChI=1S/C15H14NS/c1-16-13-9-5-3-7-11(13)15(17-2)12-8-4-6-10-14(12)16/h3-10H,1-2H3/q+1. The Morgan fingerprint density at radius 3 is 1.76 bits per heavy atom. The van der Waals surface area contributed by atoms with Crippen LogP contribution in [0.15, 0.2) is 53.4 Å². The van der Waals surface area contributed by atoms with Crippen molar-refractivity contribution in [2.24, 2.45) is 7.05 Å². The van der Waals surface area contributed by atoms with Crippen LogP contribution in [0.4, 0.5) is 0 Å². The van der Waals surface area contributed by atoms with Gasteiger partial charge in [-0.15, -0.1) is 11.8 Å². The lowest BCUT2D eigenvalue weighted by atomic mass is 10.1. The van der Waals surface area contributed by atoms with Crippen LogP contribution in [0.1, 0.15) is 0 Å². The first-order valence-electron chi connectivity index (χ1n) is 5.66. The van der Waals surface area contributed by atoms with Crippen LogP contribution in [0.5, 0.6) is 0 Å². The third-order valence-corrected chi connectivity index (χ3v) is 4.07. The SMILES string of the molecule is CSc1c2ccccc2[n+](C)c2ccccc12. The zero-order valence-corrected chi connectivity index (χ0v) is 10.8. The molecule has 0 aliphatic carbocycles. The van der Waals surface area contributed by atoms with E-state index in [0.29, 0.717) is 0 Å². The van der Waals surface area contributed by atoms with Crippen LogP contribution in [-0.2, 0) is 7.05 Å². The molecule has 0 unspecified atom stereocenters. The molecule has 0 saturated heterocycles. The number of fused-ring (bicyclic) bond motifs is 2. The normalized spacial score (nSPS) is 11.2. The van der Waals surface area contributed by atoms with Crippen molar-refractivity contribution in [3.05, 3.63) is 48.5 Å². The Balaban J connectivity index is 2.63. The van der Waals surface area contributed by atoms with Crippen molar-refractivity contribution in [1.82, 2.24) is 0 Å². The first kappa shape index (κ1) is 10.6. The number of hydrogen-bond donors (Lipinski definition) is 0. The van der Waals surface area contributed by atoms with Crippen LogP contribution in [-0.4, -0.2) is 6.26 Å². The zero-order valence-electron chi connectivity index (χ0n) is 9.97. The Labute approximate surface area is 105 Å². The lowest BCUT2D eigenvalue weighted by Gasteiger charge is -2.07. The van der Waals surface area contributed by atoms with Gasteiger partial charge in [0.05, 0.1) is 10.8 Å². The van der Waals surface area contributed by atoms with Crippen LogP contribution >= 0.6 is 11.8 Å². The van der Waals surface area contributed by atoms with E-state index in [1.165, 1.54) is 26.7 Å². The maximum absolute atomic E-state index is 2.27. The van der Waals surface area contributed by atoms with Crippen LogP contribution in [0.3, 0.4) is 0 Å². The van der Waals surface area contributed by atoms with Gasteiger partial charge in [-0.2, -0.15) is 4.57 Å². The molecule has 17 heavy (non-hydrogen) atoms. The summed E-state index contributed by atoms with van der Waals surface area (Å²) in [6.07, 6.45) is 2.15. The van der Waals surface area contributed by atoms with Crippen molar-refractivity contribution < 1.29 is 4.57 Å². The average molecular weight is 240 g/mol. The predicted octanol–water partition coefficient (Wildman–Crippen LogP) is 3.54. The summed E-state index contributed by atoms with van der Waals surface area (Å²) in [4.78, 5) is 1.37. The van der Waals surface area contributed by atoms with Gasteiger partial charge >= 0.3 is 0 Å². The Hall–Kier alpha value is -1.54. The highest BCUT2D eigenvalue weighted by atomic mass is 32.2. The van der Waals surface area contributed by atoms with Crippen molar-refractivity contribution in [3.63, 3.8) is 0 Å². The lowest BCUT2D eigenvalue weighted by Crippen LogP contribution is -2.30. The first-order chi connectivity index (χ1) is 8.33. The maximum Gasteiger partial charge on any atom is 0.213 e. The van der Waals surface area contributed by atoms with Crippen LogP contribution in [0.2, 0.25) is 0 Å². The minimum Gasteiger partial charge on any atom is -0.194 e. The fourth-order valence-corrected chi connectivity index (χ4v) is 3.20. The number of rotatable bonds is 1. The molecule has 3 aromatic rings. The van der Waals surface area contributed by atoms with E-state index in [1.807, 2.05) is 11.8 Å². The highest BCUT2D eigenvalue weighted by Gasteiger charge is 2.15. The van der Waals surface area contributed by atoms with Crippen molar-refractivity contribution in [3.8, 4) is 0 Å². The number of aryl methyl sites for hydroxylation is 1. The highest BCUT2D eigenvalue weighted by Crippen LogP contribution is 2.31. The number of benzene rings is 2. The van der Waals surface area contributed by atoms with Gasteiger partial charge in [-0.3, -0.25) is 0 Å². The molecule has 0 atom stereocenters.